The molecule has 2 fully saturated rings. The molecule has 2 aliphatic rings. The molecule has 1 nitrogen and oxygen atoms in total. The minimum atomic E-state index is -1.06. The van der Waals surface area contributed by atoms with Crippen molar-refractivity contribution in [2.24, 2.45) is 0 Å². The molecule has 2 saturated heterocycles. The zero-order valence-corrected chi connectivity index (χ0v) is 7.15. The van der Waals surface area contributed by atoms with Crippen LogP contribution >= 0.6 is 0 Å². The first kappa shape index (κ1) is 8.07. The molecule has 2 rings (SSSR count). The Kier molecular flexibility index (Phi) is 1.84. The number of nitrogens with one attached hydrogen (secondary N) is 1. The van der Waals surface area contributed by atoms with Gasteiger partial charge in [-0.3, -0.25) is 0 Å². The highest BCUT2D eigenvalue weighted by Gasteiger charge is 2.43. The predicted octanol–water partition coefficient (Wildman–Crippen LogP) is 1.63. The number of hydrogen-bond donors (Lipinski definition) is 1. The van der Waals surface area contributed by atoms with Crippen LogP contribution in [0.4, 0.5) is 4.39 Å². The molecule has 0 amide bonds. The Bertz CT molecular complexity index is 206. The summed E-state index contributed by atoms with van der Waals surface area (Å²) in [6.45, 7) is 0. The number of hydrogen-bond acceptors (Lipinski definition) is 1. The second-order valence-electron chi connectivity index (χ2n) is 4.08. The molecule has 0 aromatic rings. The van der Waals surface area contributed by atoms with Gasteiger partial charge >= 0.3 is 0 Å². The van der Waals surface area contributed by atoms with Gasteiger partial charge in [0.2, 0.25) is 0 Å². The molecule has 2 aliphatic heterocycles. The Labute approximate surface area is 72.7 Å². The molecule has 0 aliphatic carbocycles. The zero-order valence-electron chi connectivity index (χ0n) is 7.15. The predicted molar refractivity (Wildman–Crippen MR) is 46.5 cm³/mol. The van der Waals surface area contributed by atoms with E-state index in [0.29, 0.717) is 31.3 Å². The van der Waals surface area contributed by atoms with Crippen molar-refractivity contribution < 1.29 is 4.39 Å². The lowest BCUT2D eigenvalue weighted by molar-refractivity contribution is 0.0946. The van der Waals surface area contributed by atoms with Crippen LogP contribution in [0.1, 0.15) is 32.1 Å². The number of alkyl halides is 1. The van der Waals surface area contributed by atoms with Gasteiger partial charge < -0.3 is 5.32 Å². The van der Waals surface area contributed by atoms with Crippen LogP contribution in [-0.2, 0) is 0 Å². The second kappa shape index (κ2) is 2.74. The fraction of sp³-hybridized carbons (Fsp3) is 0.800. The maximum Gasteiger partial charge on any atom is 0.124 e. The third-order valence-corrected chi connectivity index (χ3v) is 2.98. The van der Waals surface area contributed by atoms with Gasteiger partial charge in [-0.15, -0.1) is 12.3 Å². The number of terminal acetylenes is 1. The molecule has 0 saturated carbocycles. The van der Waals surface area contributed by atoms with Gasteiger partial charge in [0, 0.05) is 18.5 Å². The standard InChI is InChI=1S/C10H14FN/c1-2-5-10(11)6-8-3-4-9(7-10)12-8/h1,8-9,12H,3-7H2. The van der Waals surface area contributed by atoms with E-state index in [0.717, 1.165) is 12.8 Å². The van der Waals surface area contributed by atoms with Gasteiger partial charge in [0.15, 0.2) is 0 Å². The molecule has 2 heteroatoms. The van der Waals surface area contributed by atoms with Crippen LogP contribution in [0, 0.1) is 12.3 Å². The van der Waals surface area contributed by atoms with Crippen LogP contribution in [0.15, 0.2) is 0 Å². The number of fused-ring (bicyclic) bond motifs is 2. The van der Waals surface area contributed by atoms with E-state index in [4.69, 9.17) is 6.42 Å². The van der Waals surface area contributed by atoms with Crippen molar-refractivity contribution in [1.82, 2.24) is 5.32 Å². The highest BCUT2D eigenvalue weighted by atomic mass is 19.1. The topological polar surface area (TPSA) is 12.0 Å². The third kappa shape index (κ3) is 1.34. The second-order valence-corrected chi connectivity index (χ2v) is 4.08. The molecule has 2 bridgehead atoms. The summed E-state index contributed by atoms with van der Waals surface area (Å²) in [7, 11) is 0. The summed E-state index contributed by atoms with van der Waals surface area (Å²) in [6, 6.07) is 0.782. The van der Waals surface area contributed by atoms with Crippen LogP contribution in [0.2, 0.25) is 0 Å². The monoisotopic (exact) mass is 167 g/mol. The molecule has 2 atom stereocenters. The minimum absolute atomic E-state index is 0.293. The summed E-state index contributed by atoms with van der Waals surface area (Å²) in [4.78, 5) is 0. The number of halogens is 1. The van der Waals surface area contributed by atoms with Crippen LogP contribution in [0.3, 0.4) is 0 Å². The molecular formula is C10H14FN. The van der Waals surface area contributed by atoms with E-state index >= 15 is 0 Å². The summed E-state index contributed by atoms with van der Waals surface area (Å²) >= 11 is 0. The lowest BCUT2D eigenvalue weighted by Gasteiger charge is -2.33. The fourth-order valence-corrected chi connectivity index (χ4v) is 2.52. The Hall–Kier alpha value is -0.550. The van der Waals surface area contributed by atoms with Gasteiger partial charge in [0.25, 0.3) is 0 Å². The smallest absolute Gasteiger partial charge is 0.124 e. The van der Waals surface area contributed by atoms with E-state index in [9.17, 15) is 4.39 Å². The molecule has 2 heterocycles. The lowest BCUT2D eigenvalue weighted by atomic mass is 9.87. The molecule has 0 aromatic heterocycles. The van der Waals surface area contributed by atoms with Crippen molar-refractivity contribution in [1.29, 1.82) is 0 Å². The first-order chi connectivity index (χ1) is 5.72. The van der Waals surface area contributed by atoms with Gasteiger partial charge in [-0.25, -0.2) is 4.39 Å². The highest BCUT2D eigenvalue weighted by Crippen LogP contribution is 2.38. The van der Waals surface area contributed by atoms with E-state index in [1.165, 1.54) is 0 Å². The number of rotatable bonds is 1. The largest absolute Gasteiger partial charge is 0.311 e. The summed E-state index contributed by atoms with van der Waals surface area (Å²) in [5.41, 5.74) is -1.06. The Balaban J connectivity index is 2.06. The molecule has 0 radical (unpaired) electrons. The summed E-state index contributed by atoms with van der Waals surface area (Å²) in [5, 5.41) is 3.40. The first-order valence-electron chi connectivity index (χ1n) is 4.60. The molecule has 0 spiro atoms. The molecule has 1 N–H and O–H groups in total. The Morgan fingerprint density at radius 2 is 2.00 bits per heavy atom. The molecular weight excluding hydrogens is 153 g/mol. The third-order valence-electron chi connectivity index (χ3n) is 2.98. The average Bonchev–Trinajstić information content (AvgIpc) is 2.31. The fourth-order valence-electron chi connectivity index (χ4n) is 2.52. The summed E-state index contributed by atoms with van der Waals surface area (Å²) < 4.78 is 13.9. The van der Waals surface area contributed by atoms with E-state index in [-0.39, 0.29) is 0 Å². The van der Waals surface area contributed by atoms with Crippen LogP contribution in [-0.4, -0.2) is 17.8 Å². The summed E-state index contributed by atoms with van der Waals surface area (Å²) in [5.74, 6) is 2.44. The van der Waals surface area contributed by atoms with E-state index in [1.807, 2.05) is 0 Å². The normalized spacial score (nSPS) is 45.7. The molecule has 66 valence electrons. The van der Waals surface area contributed by atoms with Crippen molar-refractivity contribution in [2.75, 3.05) is 0 Å². The highest BCUT2D eigenvalue weighted by molar-refractivity contribution is 5.05. The maximum atomic E-state index is 13.9. The average molecular weight is 167 g/mol. The van der Waals surface area contributed by atoms with Crippen molar-refractivity contribution in [3.05, 3.63) is 0 Å². The van der Waals surface area contributed by atoms with E-state index in [2.05, 4.69) is 11.2 Å². The Morgan fingerprint density at radius 3 is 2.50 bits per heavy atom. The lowest BCUT2D eigenvalue weighted by Crippen LogP contribution is -2.45. The SMILES string of the molecule is C#CCC1(F)CC2CCC(C1)N2. The van der Waals surface area contributed by atoms with Gasteiger partial charge in [-0.2, -0.15) is 0 Å². The van der Waals surface area contributed by atoms with Crippen molar-refractivity contribution in [2.45, 2.75) is 49.9 Å². The van der Waals surface area contributed by atoms with E-state index < -0.39 is 5.67 Å². The van der Waals surface area contributed by atoms with Gasteiger partial charge in [-0.05, 0) is 25.7 Å². The maximum absolute atomic E-state index is 13.9. The minimum Gasteiger partial charge on any atom is -0.311 e. The Morgan fingerprint density at radius 1 is 1.42 bits per heavy atom. The molecule has 2 unspecified atom stereocenters. The van der Waals surface area contributed by atoms with E-state index in [1.54, 1.807) is 0 Å². The first-order valence-corrected chi connectivity index (χ1v) is 4.60. The van der Waals surface area contributed by atoms with Crippen LogP contribution < -0.4 is 5.32 Å². The quantitative estimate of drug-likeness (QED) is 0.585. The zero-order chi connectivity index (χ0) is 8.60. The molecule has 0 aromatic carbocycles. The van der Waals surface area contributed by atoms with Crippen molar-refractivity contribution in [3.63, 3.8) is 0 Å². The van der Waals surface area contributed by atoms with Crippen molar-refractivity contribution in [3.8, 4) is 12.3 Å². The van der Waals surface area contributed by atoms with Crippen LogP contribution in [0.5, 0.6) is 0 Å². The molecule has 12 heavy (non-hydrogen) atoms. The van der Waals surface area contributed by atoms with Gasteiger partial charge in [-0.1, -0.05) is 0 Å². The van der Waals surface area contributed by atoms with Crippen LogP contribution in [0.25, 0.3) is 0 Å². The number of piperidine rings is 1. The van der Waals surface area contributed by atoms with Gasteiger partial charge in [0.05, 0.1) is 0 Å². The summed E-state index contributed by atoms with van der Waals surface area (Å²) in [6.07, 6.45) is 8.93. The van der Waals surface area contributed by atoms with Gasteiger partial charge in [0.1, 0.15) is 5.67 Å². The van der Waals surface area contributed by atoms with Crippen molar-refractivity contribution >= 4 is 0 Å².